The number of benzene rings is 1. The topological polar surface area (TPSA) is 71.5 Å². The van der Waals surface area contributed by atoms with E-state index in [0.29, 0.717) is 0 Å². The Morgan fingerprint density at radius 2 is 2.03 bits per heavy atom. The summed E-state index contributed by atoms with van der Waals surface area (Å²) in [5.74, 6) is -2.25. The number of aromatic nitrogens is 1. The summed E-state index contributed by atoms with van der Waals surface area (Å²) in [6, 6.07) is 8.18. The van der Waals surface area contributed by atoms with E-state index in [-0.39, 0.29) is 24.7 Å². The molecule has 6 nitrogen and oxygen atoms in total. The van der Waals surface area contributed by atoms with Crippen LogP contribution in [0.1, 0.15) is 11.1 Å². The summed E-state index contributed by atoms with van der Waals surface area (Å²) in [4.78, 5) is 31.4. The number of ether oxygens (including phenoxy) is 1. The number of halogens is 3. The normalized spacial score (nSPS) is 28.8. The molecule has 31 heavy (non-hydrogen) atoms. The molecule has 160 valence electrons. The average Bonchev–Trinajstić information content (AvgIpc) is 3.40. The number of hydrogen-bond acceptors (Lipinski definition) is 4. The van der Waals surface area contributed by atoms with Crippen LogP contribution in [0, 0.1) is 11.8 Å². The zero-order valence-corrected chi connectivity index (χ0v) is 16.2. The van der Waals surface area contributed by atoms with E-state index in [1.165, 1.54) is 17.0 Å². The number of nitrogens with zero attached hydrogens (tertiary/aromatic N) is 2. The predicted octanol–water partition coefficient (Wildman–Crippen LogP) is 2.70. The van der Waals surface area contributed by atoms with Crippen molar-refractivity contribution in [2.24, 2.45) is 11.8 Å². The Hall–Kier alpha value is -3.20. The van der Waals surface area contributed by atoms with E-state index < -0.39 is 41.2 Å². The van der Waals surface area contributed by atoms with Crippen LogP contribution in [0.25, 0.3) is 0 Å². The molecule has 2 amide bonds. The third-order valence-corrected chi connectivity index (χ3v) is 6.10. The molecule has 4 atom stereocenters. The van der Waals surface area contributed by atoms with Gasteiger partial charge in [0.05, 0.1) is 30.0 Å². The molecule has 9 heteroatoms. The van der Waals surface area contributed by atoms with Crippen LogP contribution in [-0.2, 0) is 27.0 Å². The SMILES string of the molecule is O=C(NCc1ccncc1)C1C2C(=O)N(c3cccc(C(F)(F)F)c3)CC23C=C[C@H]1O3. The first-order valence-electron chi connectivity index (χ1n) is 9.81. The number of alkyl halides is 3. The van der Waals surface area contributed by atoms with Crippen molar-refractivity contribution in [2.45, 2.75) is 24.4 Å². The van der Waals surface area contributed by atoms with Crippen molar-refractivity contribution >= 4 is 17.5 Å². The fourth-order valence-corrected chi connectivity index (χ4v) is 4.67. The number of carbonyl (C=O) groups is 2. The van der Waals surface area contributed by atoms with Gasteiger partial charge in [-0.1, -0.05) is 18.2 Å². The fraction of sp³-hybridized carbons (Fsp3) is 0.318. The summed E-state index contributed by atoms with van der Waals surface area (Å²) >= 11 is 0. The maximum atomic E-state index is 13.3. The molecule has 1 spiro atoms. The zero-order chi connectivity index (χ0) is 21.8. The number of fused-ring (bicyclic) bond motifs is 1. The van der Waals surface area contributed by atoms with Crippen molar-refractivity contribution in [3.63, 3.8) is 0 Å². The second kappa shape index (κ2) is 6.91. The standard InChI is InChI=1S/C22H18F3N3O3/c23-22(24,25)14-2-1-3-15(10-14)28-12-21-7-4-16(31-21)17(18(21)20(28)30)19(29)27-11-13-5-8-26-9-6-13/h1-10,16-18H,11-12H2,(H,27,29)/t16-,17?,18?,21?/m1/s1. The Balaban J connectivity index is 1.39. The second-order valence-corrected chi connectivity index (χ2v) is 7.95. The van der Waals surface area contributed by atoms with Gasteiger partial charge in [-0.25, -0.2) is 0 Å². The highest BCUT2D eigenvalue weighted by molar-refractivity contribution is 6.03. The molecule has 0 aliphatic carbocycles. The lowest BCUT2D eigenvalue weighted by molar-refractivity contribution is -0.137. The molecule has 1 N–H and O–H groups in total. The third kappa shape index (κ3) is 3.20. The molecule has 1 aromatic heterocycles. The minimum absolute atomic E-state index is 0.0684. The summed E-state index contributed by atoms with van der Waals surface area (Å²) in [5, 5.41) is 2.84. The van der Waals surface area contributed by atoms with E-state index in [1.807, 2.05) is 0 Å². The van der Waals surface area contributed by atoms with Crippen LogP contribution in [0.2, 0.25) is 0 Å². The molecule has 2 fully saturated rings. The van der Waals surface area contributed by atoms with Crippen LogP contribution in [-0.4, -0.2) is 35.0 Å². The summed E-state index contributed by atoms with van der Waals surface area (Å²) < 4.78 is 45.4. The number of nitrogens with one attached hydrogen (secondary N) is 1. The quantitative estimate of drug-likeness (QED) is 0.759. The molecule has 0 radical (unpaired) electrons. The molecule has 3 aliphatic rings. The summed E-state index contributed by atoms with van der Waals surface area (Å²) in [7, 11) is 0. The van der Waals surface area contributed by atoms with Crippen LogP contribution in [0.4, 0.5) is 18.9 Å². The van der Waals surface area contributed by atoms with Crippen molar-refractivity contribution in [1.29, 1.82) is 0 Å². The molecule has 2 bridgehead atoms. The highest BCUT2D eigenvalue weighted by atomic mass is 19.4. The molecule has 1 aromatic carbocycles. The highest BCUT2D eigenvalue weighted by Crippen LogP contribution is 2.52. The molecule has 4 heterocycles. The van der Waals surface area contributed by atoms with E-state index in [2.05, 4.69) is 10.3 Å². The van der Waals surface area contributed by atoms with E-state index >= 15 is 0 Å². The minimum atomic E-state index is -4.52. The lowest BCUT2D eigenvalue weighted by atomic mass is 9.77. The number of amides is 2. The number of rotatable bonds is 4. The van der Waals surface area contributed by atoms with Gasteiger partial charge >= 0.3 is 6.18 Å². The summed E-state index contributed by atoms with van der Waals surface area (Å²) in [6.45, 7) is 0.346. The van der Waals surface area contributed by atoms with E-state index in [0.717, 1.165) is 17.7 Å². The van der Waals surface area contributed by atoms with Gasteiger partial charge < -0.3 is 15.0 Å². The highest BCUT2D eigenvalue weighted by Gasteiger charge is 2.67. The van der Waals surface area contributed by atoms with Crippen molar-refractivity contribution in [3.05, 3.63) is 72.1 Å². The predicted molar refractivity (Wildman–Crippen MR) is 104 cm³/mol. The van der Waals surface area contributed by atoms with Crippen molar-refractivity contribution in [2.75, 3.05) is 11.4 Å². The van der Waals surface area contributed by atoms with E-state index in [4.69, 9.17) is 4.74 Å². The summed E-state index contributed by atoms with van der Waals surface area (Å²) in [5.41, 5.74) is -0.838. The molecule has 5 rings (SSSR count). The maximum Gasteiger partial charge on any atom is 0.416 e. The number of pyridine rings is 1. The molecule has 3 aliphatic heterocycles. The van der Waals surface area contributed by atoms with Gasteiger partial charge in [-0.2, -0.15) is 13.2 Å². The summed E-state index contributed by atoms with van der Waals surface area (Å²) in [6.07, 6.45) is 1.71. The Morgan fingerprint density at radius 1 is 1.26 bits per heavy atom. The van der Waals surface area contributed by atoms with E-state index in [1.54, 1.807) is 36.7 Å². The first-order chi connectivity index (χ1) is 14.8. The van der Waals surface area contributed by atoms with Gasteiger partial charge in [-0.05, 0) is 35.9 Å². The van der Waals surface area contributed by atoms with Gasteiger partial charge in [0.1, 0.15) is 5.60 Å². The monoisotopic (exact) mass is 429 g/mol. The van der Waals surface area contributed by atoms with Crippen molar-refractivity contribution in [3.8, 4) is 0 Å². The molecule has 0 saturated carbocycles. The molecule has 2 aromatic rings. The van der Waals surface area contributed by atoms with E-state index in [9.17, 15) is 22.8 Å². The van der Waals surface area contributed by atoms with Crippen LogP contribution >= 0.6 is 0 Å². The average molecular weight is 429 g/mol. The maximum absolute atomic E-state index is 13.3. The molecule has 3 unspecified atom stereocenters. The largest absolute Gasteiger partial charge is 0.416 e. The van der Waals surface area contributed by atoms with Gasteiger partial charge in [0.15, 0.2) is 0 Å². The first-order valence-corrected chi connectivity index (χ1v) is 9.81. The number of carbonyl (C=O) groups excluding carboxylic acids is 2. The lowest BCUT2D eigenvalue weighted by Crippen LogP contribution is -2.44. The number of hydrogen-bond donors (Lipinski definition) is 1. The smallest absolute Gasteiger partial charge is 0.360 e. The number of anilines is 1. The molecular weight excluding hydrogens is 411 g/mol. The molecule has 2 saturated heterocycles. The fourth-order valence-electron chi connectivity index (χ4n) is 4.67. The van der Waals surface area contributed by atoms with Crippen LogP contribution in [0.3, 0.4) is 0 Å². The van der Waals surface area contributed by atoms with Gasteiger partial charge in [0.25, 0.3) is 0 Å². The Kier molecular flexibility index (Phi) is 4.40. The van der Waals surface area contributed by atoms with Crippen LogP contribution < -0.4 is 10.2 Å². The minimum Gasteiger partial charge on any atom is -0.360 e. The van der Waals surface area contributed by atoms with Crippen LogP contribution in [0.5, 0.6) is 0 Å². The van der Waals surface area contributed by atoms with Gasteiger partial charge in [0.2, 0.25) is 11.8 Å². The second-order valence-electron chi connectivity index (χ2n) is 7.95. The van der Waals surface area contributed by atoms with Gasteiger partial charge in [0, 0.05) is 24.6 Å². The first kappa shape index (κ1) is 19.7. The Labute approximate surface area is 175 Å². The van der Waals surface area contributed by atoms with Crippen LogP contribution in [0.15, 0.2) is 60.9 Å². The molecular formula is C22H18F3N3O3. The third-order valence-electron chi connectivity index (χ3n) is 6.10. The Bertz CT molecular complexity index is 1070. The van der Waals surface area contributed by atoms with Gasteiger partial charge in [-0.3, -0.25) is 14.6 Å². The van der Waals surface area contributed by atoms with Crippen molar-refractivity contribution < 1.29 is 27.5 Å². The Morgan fingerprint density at radius 3 is 2.77 bits per heavy atom. The van der Waals surface area contributed by atoms with Gasteiger partial charge in [-0.15, -0.1) is 0 Å². The van der Waals surface area contributed by atoms with Crippen molar-refractivity contribution in [1.82, 2.24) is 10.3 Å². The lowest BCUT2D eigenvalue weighted by Gasteiger charge is -2.23. The zero-order valence-electron chi connectivity index (χ0n) is 16.2.